The molecule has 0 fully saturated rings. The number of nitrogens with zero attached hydrogens (tertiary/aromatic N) is 1. The maximum atomic E-state index is 10.2. The molecule has 1 rings (SSSR count). The summed E-state index contributed by atoms with van der Waals surface area (Å²) in [4.78, 5) is 3.80. The van der Waals surface area contributed by atoms with E-state index < -0.39 is 0 Å². The molecular formula is C7H8NO2. The molecule has 3 nitrogen and oxygen atoms in total. The summed E-state index contributed by atoms with van der Waals surface area (Å²) in [5, 5.41) is 18.8. The number of pyridine rings is 1. The highest BCUT2D eigenvalue weighted by molar-refractivity contribution is 5.12. The van der Waals surface area contributed by atoms with Gasteiger partial charge in [0.05, 0.1) is 12.3 Å². The topological polar surface area (TPSA) is 53.0 Å². The molecule has 1 N–H and O–H groups in total. The minimum Gasteiger partial charge on any atom is -0.392 e. The molecule has 10 heavy (non-hydrogen) atoms. The Kier molecular flexibility index (Phi) is 2.36. The first-order valence-corrected chi connectivity index (χ1v) is 2.99. The van der Waals surface area contributed by atoms with E-state index in [1.807, 2.05) is 0 Å². The van der Waals surface area contributed by atoms with E-state index in [2.05, 4.69) is 4.98 Å². The highest BCUT2D eigenvalue weighted by Crippen LogP contribution is 1.99. The summed E-state index contributed by atoms with van der Waals surface area (Å²) in [7, 11) is 0. The van der Waals surface area contributed by atoms with Gasteiger partial charge in [-0.1, -0.05) is 6.07 Å². The fraction of sp³-hybridized carbons (Fsp3) is 0.286. The van der Waals surface area contributed by atoms with E-state index in [1.54, 1.807) is 12.1 Å². The molecule has 0 aliphatic heterocycles. The summed E-state index contributed by atoms with van der Waals surface area (Å²) in [5.41, 5.74) is 1.24. The highest BCUT2D eigenvalue weighted by atomic mass is 16.3. The van der Waals surface area contributed by atoms with Gasteiger partial charge < -0.3 is 5.11 Å². The maximum absolute atomic E-state index is 10.2. The minimum absolute atomic E-state index is 0.0217. The van der Waals surface area contributed by atoms with Crippen molar-refractivity contribution < 1.29 is 10.2 Å². The van der Waals surface area contributed by atoms with Crippen molar-refractivity contribution in [3.63, 3.8) is 0 Å². The van der Waals surface area contributed by atoms with Crippen LogP contribution in [0.4, 0.5) is 0 Å². The van der Waals surface area contributed by atoms with Crippen LogP contribution < -0.4 is 0 Å². The second-order valence-electron chi connectivity index (χ2n) is 1.96. The van der Waals surface area contributed by atoms with E-state index in [0.29, 0.717) is 5.69 Å². The SMILES string of the molecule is [O]Cc1ccc(CO)cn1. The Labute approximate surface area is 59.0 Å². The third-order valence-electron chi connectivity index (χ3n) is 1.22. The van der Waals surface area contributed by atoms with Crippen LogP contribution in [-0.2, 0) is 18.3 Å². The number of aliphatic hydroxyl groups excluding tert-OH is 1. The Hall–Kier alpha value is -0.930. The van der Waals surface area contributed by atoms with E-state index >= 15 is 0 Å². The summed E-state index contributed by atoms with van der Waals surface area (Å²) >= 11 is 0. The third kappa shape index (κ3) is 1.52. The average Bonchev–Trinajstić information content (AvgIpc) is 2.05. The zero-order valence-corrected chi connectivity index (χ0v) is 5.45. The normalized spacial score (nSPS) is 9.80. The number of aromatic nitrogens is 1. The Morgan fingerprint density at radius 1 is 1.50 bits per heavy atom. The van der Waals surface area contributed by atoms with Gasteiger partial charge in [0.15, 0.2) is 0 Å². The Morgan fingerprint density at radius 2 is 2.30 bits per heavy atom. The molecule has 53 valence electrons. The predicted molar refractivity (Wildman–Crippen MR) is 34.6 cm³/mol. The van der Waals surface area contributed by atoms with E-state index in [1.165, 1.54) is 6.20 Å². The predicted octanol–water partition coefficient (Wildman–Crippen LogP) is 0.504. The maximum Gasteiger partial charge on any atom is 0.124 e. The van der Waals surface area contributed by atoms with Crippen LogP contribution in [0, 0.1) is 0 Å². The van der Waals surface area contributed by atoms with Gasteiger partial charge in [-0.25, -0.2) is 5.11 Å². The fourth-order valence-electron chi connectivity index (χ4n) is 0.634. The molecule has 0 aliphatic carbocycles. The van der Waals surface area contributed by atoms with Gasteiger partial charge in [0.2, 0.25) is 0 Å². The summed E-state index contributed by atoms with van der Waals surface area (Å²) < 4.78 is 0. The summed E-state index contributed by atoms with van der Waals surface area (Å²) in [5.74, 6) is 0. The van der Waals surface area contributed by atoms with Crippen LogP contribution >= 0.6 is 0 Å². The number of hydrogen-bond acceptors (Lipinski definition) is 2. The van der Waals surface area contributed by atoms with Crippen LogP contribution in [0.5, 0.6) is 0 Å². The monoisotopic (exact) mass is 138 g/mol. The van der Waals surface area contributed by atoms with Gasteiger partial charge in [-0.05, 0) is 11.6 Å². The van der Waals surface area contributed by atoms with E-state index in [9.17, 15) is 5.11 Å². The molecule has 3 heteroatoms. The highest BCUT2D eigenvalue weighted by Gasteiger charge is 1.92. The van der Waals surface area contributed by atoms with Crippen LogP contribution in [0.15, 0.2) is 18.3 Å². The first-order valence-electron chi connectivity index (χ1n) is 2.99. The van der Waals surface area contributed by atoms with Gasteiger partial charge in [0.1, 0.15) is 6.61 Å². The van der Waals surface area contributed by atoms with Gasteiger partial charge in [-0.15, -0.1) is 0 Å². The lowest BCUT2D eigenvalue weighted by atomic mass is 10.3. The lowest BCUT2D eigenvalue weighted by Gasteiger charge is -1.94. The van der Waals surface area contributed by atoms with Crippen molar-refractivity contribution in [1.82, 2.24) is 4.98 Å². The van der Waals surface area contributed by atoms with Crippen LogP contribution in [0.3, 0.4) is 0 Å². The first-order chi connectivity index (χ1) is 4.86. The molecule has 0 spiro atoms. The first kappa shape index (κ1) is 7.18. The van der Waals surface area contributed by atoms with Crippen LogP contribution in [0.2, 0.25) is 0 Å². The molecule has 0 atom stereocenters. The molecule has 0 unspecified atom stereocenters. The van der Waals surface area contributed by atoms with Crippen LogP contribution in [-0.4, -0.2) is 10.1 Å². The molecule has 1 aromatic heterocycles. The molecule has 0 amide bonds. The van der Waals surface area contributed by atoms with Gasteiger partial charge in [-0.2, -0.15) is 0 Å². The molecule has 0 bridgehead atoms. The zero-order chi connectivity index (χ0) is 7.40. The molecule has 0 aromatic carbocycles. The molecule has 0 saturated carbocycles. The molecule has 0 aliphatic rings. The standard InChI is InChI=1S/C7H8NO2/c9-4-6-1-2-7(5-10)8-3-6/h1-3,9H,4-5H2. The van der Waals surface area contributed by atoms with E-state index in [4.69, 9.17) is 5.11 Å². The van der Waals surface area contributed by atoms with Crippen molar-refractivity contribution in [3.8, 4) is 0 Å². The van der Waals surface area contributed by atoms with Gasteiger partial charge >= 0.3 is 0 Å². The van der Waals surface area contributed by atoms with Crippen molar-refractivity contribution in [2.75, 3.05) is 0 Å². The molecule has 0 saturated heterocycles. The third-order valence-corrected chi connectivity index (χ3v) is 1.22. The van der Waals surface area contributed by atoms with Gasteiger partial charge in [0.25, 0.3) is 0 Å². The lowest BCUT2D eigenvalue weighted by molar-refractivity contribution is 0.173. The van der Waals surface area contributed by atoms with Crippen molar-refractivity contribution in [2.24, 2.45) is 0 Å². The number of aliphatic hydroxyl groups is 1. The number of rotatable bonds is 2. The van der Waals surface area contributed by atoms with Crippen molar-refractivity contribution in [1.29, 1.82) is 0 Å². The Morgan fingerprint density at radius 3 is 2.70 bits per heavy atom. The fourth-order valence-corrected chi connectivity index (χ4v) is 0.634. The smallest absolute Gasteiger partial charge is 0.124 e. The minimum atomic E-state index is -0.300. The summed E-state index contributed by atoms with van der Waals surface area (Å²) in [6.07, 6.45) is 1.51. The summed E-state index contributed by atoms with van der Waals surface area (Å²) in [6, 6.07) is 3.32. The summed E-state index contributed by atoms with van der Waals surface area (Å²) in [6.45, 7) is -0.322. The van der Waals surface area contributed by atoms with E-state index in [0.717, 1.165) is 5.56 Å². The van der Waals surface area contributed by atoms with Crippen LogP contribution in [0.1, 0.15) is 11.3 Å². The number of hydrogen-bond donors (Lipinski definition) is 1. The largest absolute Gasteiger partial charge is 0.392 e. The van der Waals surface area contributed by atoms with Gasteiger partial charge in [-0.3, -0.25) is 4.98 Å². The molecule has 1 radical (unpaired) electrons. The van der Waals surface area contributed by atoms with Crippen molar-refractivity contribution in [3.05, 3.63) is 29.6 Å². The molecule has 1 heterocycles. The second kappa shape index (κ2) is 3.29. The lowest BCUT2D eigenvalue weighted by Crippen LogP contribution is -1.89. The zero-order valence-electron chi connectivity index (χ0n) is 5.45. The quantitative estimate of drug-likeness (QED) is 0.647. The second-order valence-corrected chi connectivity index (χ2v) is 1.96. The van der Waals surface area contributed by atoms with E-state index in [-0.39, 0.29) is 13.2 Å². The van der Waals surface area contributed by atoms with Gasteiger partial charge in [0, 0.05) is 6.20 Å². The molecular weight excluding hydrogens is 130 g/mol. The Balaban J connectivity index is 2.80. The van der Waals surface area contributed by atoms with Crippen molar-refractivity contribution >= 4 is 0 Å². The Bertz CT molecular complexity index is 172. The van der Waals surface area contributed by atoms with Crippen LogP contribution in [0.25, 0.3) is 0 Å². The van der Waals surface area contributed by atoms with Crippen molar-refractivity contribution in [2.45, 2.75) is 13.2 Å². The molecule has 1 aromatic rings. The average molecular weight is 138 g/mol.